The second kappa shape index (κ2) is 6.43. The van der Waals surface area contributed by atoms with Crippen LogP contribution in [-0.2, 0) is 11.3 Å². The molecule has 0 aliphatic carbocycles. The molecule has 114 valence electrons. The van der Waals surface area contributed by atoms with E-state index in [1.165, 1.54) is 5.56 Å². The third-order valence-electron chi connectivity index (χ3n) is 4.54. The molecule has 2 N–H and O–H groups in total. The lowest BCUT2D eigenvalue weighted by molar-refractivity contribution is -0.125. The van der Waals surface area contributed by atoms with Crippen molar-refractivity contribution in [3.8, 4) is 0 Å². The first-order chi connectivity index (χ1) is 10.3. The summed E-state index contributed by atoms with van der Waals surface area (Å²) in [6, 6.07) is 4.55. The highest BCUT2D eigenvalue weighted by atomic mass is 16.1. The molecule has 2 unspecified atom stereocenters. The molecule has 2 aliphatic rings. The molecule has 1 amide bonds. The van der Waals surface area contributed by atoms with Gasteiger partial charge in [-0.15, -0.1) is 0 Å². The van der Waals surface area contributed by atoms with Gasteiger partial charge in [-0.05, 0) is 31.7 Å². The minimum absolute atomic E-state index is 0.228. The average molecular weight is 288 g/mol. The van der Waals surface area contributed by atoms with E-state index in [0.717, 1.165) is 44.8 Å². The van der Waals surface area contributed by atoms with Crippen molar-refractivity contribution in [2.75, 3.05) is 25.0 Å². The molecule has 0 bridgehead atoms. The summed E-state index contributed by atoms with van der Waals surface area (Å²) in [7, 11) is 0. The molecule has 0 spiro atoms. The maximum atomic E-state index is 11.5. The highest BCUT2D eigenvalue weighted by Crippen LogP contribution is 2.27. The summed E-state index contributed by atoms with van der Waals surface area (Å²) < 4.78 is 0. The number of rotatable bonds is 4. The Morgan fingerprint density at radius 3 is 3.24 bits per heavy atom. The van der Waals surface area contributed by atoms with Gasteiger partial charge in [0.25, 0.3) is 0 Å². The number of piperidine rings is 2. The predicted molar refractivity (Wildman–Crippen MR) is 82.9 cm³/mol. The van der Waals surface area contributed by atoms with Crippen molar-refractivity contribution >= 4 is 11.7 Å². The number of pyridine rings is 1. The molecule has 3 rings (SSSR count). The van der Waals surface area contributed by atoms with Crippen LogP contribution in [0.2, 0.25) is 0 Å². The minimum Gasteiger partial charge on any atom is -0.370 e. The van der Waals surface area contributed by atoms with Crippen LogP contribution in [0, 0.1) is 5.92 Å². The van der Waals surface area contributed by atoms with Crippen LogP contribution in [0.1, 0.15) is 31.7 Å². The van der Waals surface area contributed by atoms with E-state index in [9.17, 15) is 4.79 Å². The Kier molecular flexibility index (Phi) is 4.39. The third kappa shape index (κ3) is 3.35. The molecule has 0 saturated carbocycles. The second-order valence-corrected chi connectivity index (χ2v) is 6.04. The number of hydrogen-bond acceptors (Lipinski definition) is 4. The number of nitrogens with zero attached hydrogens (tertiary/aromatic N) is 2. The summed E-state index contributed by atoms with van der Waals surface area (Å²) in [6.07, 6.45) is 4.61. The first-order valence-electron chi connectivity index (χ1n) is 7.95. The molecule has 5 nitrogen and oxygen atoms in total. The number of nitrogens with one attached hydrogen (secondary N) is 2. The van der Waals surface area contributed by atoms with Gasteiger partial charge in [-0.3, -0.25) is 9.69 Å². The number of hydrogen-bond donors (Lipinski definition) is 2. The lowest BCUT2D eigenvalue weighted by Gasteiger charge is -2.41. The van der Waals surface area contributed by atoms with Crippen LogP contribution in [0.25, 0.3) is 0 Å². The van der Waals surface area contributed by atoms with Crippen LogP contribution in [0.4, 0.5) is 5.82 Å². The quantitative estimate of drug-likeness (QED) is 0.884. The molecule has 2 aliphatic heterocycles. The first kappa shape index (κ1) is 14.3. The monoisotopic (exact) mass is 288 g/mol. The Bertz CT molecular complexity index is 505. The number of amides is 1. The summed E-state index contributed by atoms with van der Waals surface area (Å²) in [5, 5.41) is 6.48. The fourth-order valence-corrected chi connectivity index (χ4v) is 3.46. The number of fused-ring (bicyclic) bond motifs is 1. The minimum atomic E-state index is 0.228. The molecule has 21 heavy (non-hydrogen) atoms. The van der Waals surface area contributed by atoms with Gasteiger partial charge in [0.1, 0.15) is 5.82 Å². The molecule has 2 atom stereocenters. The molecular formula is C16H24N4O. The molecule has 1 aromatic rings. The average Bonchev–Trinajstić information content (AvgIpc) is 2.50. The van der Waals surface area contributed by atoms with Crippen LogP contribution in [0.3, 0.4) is 0 Å². The number of carbonyl (C=O) groups is 1. The lowest BCUT2D eigenvalue weighted by Crippen LogP contribution is -2.53. The standard InChI is InChI=1S/C16H24N4O/c1-2-17-16-13(4-3-8-18-16)11-20-9-7-14-12(10-20)5-6-15(21)19-14/h3-4,8,12,14H,2,5-7,9-11H2,1H3,(H,17,18)(H,19,21). The first-order valence-corrected chi connectivity index (χ1v) is 7.95. The van der Waals surface area contributed by atoms with E-state index in [-0.39, 0.29) is 5.91 Å². The Labute approximate surface area is 126 Å². The lowest BCUT2D eigenvalue weighted by atomic mass is 9.85. The Hall–Kier alpha value is -1.62. The van der Waals surface area contributed by atoms with Crippen LogP contribution in [0.5, 0.6) is 0 Å². The summed E-state index contributed by atoms with van der Waals surface area (Å²) in [4.78, 5) is 18.4. The fraction of sp³-hybridized carbons (Fsp3) is 0.625. The van der Waals surface area contributed by atoms with Gasteiger partial charge < -0.3 is 10.6 Å². The number of aromatic nitrogens is 1. The van der Waals surface area contributed by atoms with Crippen molar-refractivity contribution in [3.05, 3.63) is 23.9 Å². The molecule has 3 heterocycles. The molecule has 2 saturated heterocycles. The summed E-state index contributed by atoms with van der Waals surface area (Å²) in [6.45, 7) is 6.04. The Morgan fingerprint density at radius 2 is 2.38 bits per heavy atom. The number of likely N-dealkylation sites (tertiary alicyclic amines) is 1. The van der Waals surface area contributed by atoms with E-state index in [2.05, 4.69) is 33.5 Å². The van der Waals surface area contributed by atoms with Gasteiger partial charge in [0.2, 0.25) is 5.91 Å². The van der Waals surface area contributed by atoms with Gasteiger partial charge in [0, 0.05) is 50.4 Å². The van der Waals surface area contributed by atoms with Crippen molar-refractivity contribution in [2.24, 2.45) is 5.92 Å². The van der Waals surface area contributed by atoms with Gasteiger partial charge in [-0.2, -0.15) is 0 Å². The molecule has 0 radical (unpaired) electrons. The Balaban J connectivity index is 1.63. The van der Waals surface area contributed by atoms with Gasteiger partial charge in [0.15, 0.2) is 0 Å². The molecule has 0 aromatic carbocycles. The highest BCUT2D eigenvalue weighted by Gasteiger charge is 2.33. The van der Waals surface area contributed by atoms with Gasteiger partial charge in [-0.1, -0.05) is 6.07 Å². The van der Waals surface area contributed by atoms with Crippen molar-refractivity contribution in [1.82, 2.24) is 15.2 Å². The van der Waals surface area contributed by atoms with Crippen LogP contribution < -0.4 is 10.6 Å². The number of carbonyl (C=O) groups excluding carboxylic acids is 1. The van der Waals surface area contributed by atoms with E-state index in [0.29, 0.717) is 18.4 Å². The topological polar surface area (TPSA) is 57.3 Å². The molecule has 5 heteroatoms. The van der Waals surface area contributed by atoms with Crippen LogP contribution in [-0.4, -0.2) is 41.5 Å². The zero-order valence-electron chi connectivity index (χ0n) is 12.6. The summed E-state index contributed by atoms with van der Waals surface area (Å²) in [5.74, 6) is 1.83. The van der Waals surface area contributed by atoms with Crippen molar-refractivity contribution < 1.29 is 4.79 Å². The smallest absolute Gasteiger partial charge is 0.220 e. The van der Waals surface area contributed by atoms with E-state index in [4.69, 9.17) is 0 Å². The van der Waals surface area contributed by atoms with Gasteiger partial charge >= 0.3 is 0 Å². The van der Waals surface area contributed by atoms with Crippen molar-refractivity contribution in [3.63, 3.8) is 0 Å². The molecule has 2 fully saturated rings. The molecule has 1 aromatic heterocycles. The zero-order chi connectivity index (χ0) is 14.7. The van der Waals surface area contributed by atoms with E-state index in [1.54, 1.807) is 0 Å². The van der Waals surface area contributed by atoms with Gasteiger partial charge in [0.05, 0.1) is 0 Å². The zero-order valence-corrected chi connectivity index (χ0v) is 12.6. The highest BCUT2D eigenvalue weighted by molar-refractivity contribution is 5.77. The van der Waals surface area contributed by atoms with Gasteiger partial charge in [-0.25, -0.2) is 4.98 Å². The van der Waals surface area contributed by atoms with Crippen LogP contribution in [0.15, 0.2) is 18.3 Å². The van der Waals surface area contributed by atoms with Crippen molar-refractivity contribution in [2.45, 2.75) is 38.8 Å². The number of anilines is 1. The normalized spacial score (nSPS) is 26.0. The maximum absolute atomic E-state index is 11.5. The van der Waals surface area contributed by atoms with Crippen LogP contribution >= 0.6 is 0 Å². The van der Waals surface area contributed by atoms with E-state index < -0.39 is 0 Å². The largest absolute Gasteiger partial charge is 0.370 e. The fourth-order valence-electron chi connectivity index (χ4n) is 3.46. The van der Waals surface area contributed by atoms with E-state index >= 15 is 0 Å². The SMILES string of the molecule is CCNc1ncccc1CN1CCC2NC(=O)CCC2C1. The predicted octanol–water partition coefficient (Wildman–Crippen LogP) is 1.61. The maximum Gasteiger partial charge on any atom is 0.220 e. The Morgan fingerprint density at radius 1 is 1.48 bits per heavy atom. The second-order valence-electron chi connectivity index (χ2n) is 6.04. The summed E-state index contributed by atoms with van der Waals surface area (Å²) >= 11 is 0. The molecular weight excluding hydrogens is 264 g/mol. The van der Waals surface area contributed by atoms with Crippen molar-refractivity contribution in [1.29, 1.82) is 0 Å². The summed E-state index contributed by atoms with van der Waals surface area (Å²) in [5.41, 5.74) is 1.26. The third-order valence-corrected chi connectivity index (χ3v) is 4.54. The van der Waals surface area contributed by atoms with E-state index in [1.807, 2.05) is 12.3 Å².